The molecule has 1 aliphatic rings. The second-order valence-corrected chi connectivity index (χ2v) is 7.74. The highest BCUT2D eigenvalue weighted by Gasteiger charge is 2.35. The van der Waals surface area contributed by atoms with Gasteiger partial charge >= 0.3 is 0 Å². The summed E-state index contributed by atoms with van der Waals surface area (Å²) < 4.78 is 5.28. The molecule has 0 fully saturated rings. The zero-order valence-corrected chi connectivity index (χ0v) is 18.2. The number of hydrogen-bond acceptors (Lipinski definition) is 6. The Labute approximate surface area is 192 Å². The minimum Gasteiger partial charge on any atom is -0.495 e. The van der Waals surface area contributed by atoms with Crippen LogP contribution in [-0.4, -0.2) is 28.9 Å². The highest BCUT2D eigenvalue weighted by molar-refractivity contribution is 6.42. The molecule has 1 atom stereocenters. The first-order valence-corrected chi connectivity index (χ1v) is 10.2. The van der Waals surface area contributed by atoms with Gasteiger partial charge in [0.15, 0.2) is 0 Å². The van der Waals surface area contributed by atoms with Crippen molar-refractivity contribution in [3.63, 3.8) is 0 Å². The van der Waals surface area contributed by atoms with Crippen LogP contribution in [0.1, 0.15) is 17.9 Å². The summed E-state index contributed by atoms with van der Waals surface area (Å²) in [5, 5.41) is 8.78. The maximum absolute atomic E-state index is 12.9. The molecular weight excluding hydrogens is 457 g/mol. The highest BCUT2D eigenvalue weighted by Crippen LogP contribution is 2.32. The Morgan fingerprint density at radius 1 is 1.16 bits per heavy atom. The largest absolute Gasteiger partial charge is 0.495 e. The van der Waals surface area contributed by atoms with E-state index < -0.39 is 23.3 Å². The van der Waals surface area contributed by atoms with Crippen LogP contribution < -0.4 is 26.2 Å². The Morgan fingerprint density at radius 2 is 1.94 bits per heavy atom. The fourth-order valence-corrected chi connectivity index (χ4v) is 3.63. The summed E-state index contributed by atoms with van der Waals surface area (Å²) in [6, 6.07) is 11.6. The van der Waals surface area contributed by atoms with Crippen LogP contribution in [0.5, 0.6) is 5.75 Å². The molecule has 0 radical (unpaired) electrons. The van der Waals surface area contributed by atoms with Gasteiger partial charge in [0, 0.05) is 12.1 Å². The van der Waals surface area contributed by atoms with Crippen molar-refractivity contribution in [3.8, 4) is 5.75 Å². The predicted molar refractivity (Wildman–Crippen MR) is 122 cm³/mol. The van der Waals surface area contributed by atoms with Crippen LogP contribution in [-0.2, 0) is 9.59 Å². The SMILES string of the molecule is COc1ccccc1Nc1nc2c(c(=O)[nH]1)[C@H](C(=O)Nc1ccc(Cl)c(Cl)c1)CC(=O)N2. The van der Waals surface area contributed by atoms with Crippen LogP contribution in [0.2, 0.25) is 10.0 Å². The van der Waals surface area contributed by atoms with Crippen molar-refractivity contribution in [2.45, 2.75) is 12.3 Å². The number of hydrogen-bond donors (Lipinski definition) is 4. The van der Waals surface area contributed by atoms with E-state index in [9.17, 15) is 14.4 Å². The molecule has 3 aromatic rings. The zero-order valence-electron chi connectivity index (χ0n) is 16.7. The molecule has 11 heteroatoms. The number of carbonyl (C=O) groups is 2. The fourth-order valence-electron chi connectivity index (χ4n) is 3.33. The second kappa shape index (κ2) is 8.89. The molecule has 0 saturated heterocycles. The topological polar surface area (TPSA) is 125 Å². The van der Waals surface area contributed by atoms with Gasteiger partial charge < -0.3 is 20.7 Å². The van der Waals surface area contributed by atoms with E-state index in [0.29, 0.717) is 22.1 Å². The molecule has 0 aliphatic carbocycles. The zero-order chi connectivity index (χ0) is 22.8. The molecule has 9 nitrogen and oxygen atoms in total. The first-order valence-electron chi connectivity index (χ1n) is 9.45. The smallest absolute Gasteiger partial charge is 0.258 e. The average molecular weight is 474 g/mol. The summed E-state index contributed by atoms with van der Waals surface area (Å²) in [6.45, 7) is 0. The number of benzene rings is 2. The fraction of sp³-hybridized carbons (Fsp3) is 0.143. The number of fused-ring (bicyclic) bond motifs is 1. The third kappa shape index (κ3) is 4.39. The first-order chi connectivity index (χ1) is 15.4. The second-order valence-electron chi connectivity index (χ2n) is 6.93. The summed E-state index contributed by atoms with van der Waals surface area (Å²) >= 11 is 11.9. The van der Waals surface area contributed by atoms with E-state index in [0.717, 1.165) is 0 Å². The van der Waals surface area contributed by atoms with E-state index >= 15 is 0 Å². The van der Waals surface area contributed by atoms with Gasteiger partial charge in [-0.1, -0.05) is 35.3 Å². The van der Waals surface area contributed by atoms with E-state index in [1.54, 1.807) is 30.3 Å². The Balaban J connectivity index is 1.64. The van der Waals surface area contributed by atoms with Crippen LogP contribution in [0.25, 0.3) is 0 Å². The van der Waals surface area contributed by atoms with Crippen molar-refractivity contribution in [1.82, 2.24) is 9.97 Å². The van der Waals surface area contributed by atoms with Crippen LogP contribution in [0, 0.1) is 0 Å². The number of aromatic nitrogens is 2. The van der Waals surface area contributed by atoms with Gasteiger partial charge in [0.2, 0.25) is 17.8 Å². The molecule has 1 aromatic heterocycles. The standard InChI is InChI=1S/C21H17Cl2N5O4/c1-32-15-5-3-2-4-14(15)25-21-27-18-17(20(31)28-21)11(9-16(29)26-18)19(30)24-10-6-7-12(22)13(23)8-10/h2-8,11H,9H2,1H3,(H,24,30)(H3,25,26,27,28,29,31)/t11-/m1/s1. The van der Waals surface area contributed by atoms with Crippen molar-refractivity contribution in [1.29, 1.82) is 0 Å². The quantitative estimate of drug-likeness (QED) is 0.445. The number of nitrogens with zero attached hydrogens (tertiary/aromatic N) is 1. The van der Waals surface area contributed by atoms with Gasteiger partial charge in [-0.15, -0.1) is 0 Å². The monoisotopic (exact) mass is 473 g/mol. The summed E-state index contributed by atoms with van der Waals surface area (Å²) in [5.41, 5.74) is 0.458. The van der Waals surface area contributed by atoms with Gasteiger partial charge in [-0.25, -0.2) is 0 Å². The van der Waals surface area contributed by atoms with Gasteiger partial charge in [-0.3, -0.25) is 19.4 Å². The summed E-state index contributed by atoms with van der Waals surface area (Å²) in [7, 11) is 1.51. The lowest BCUT2D eigenvalue weighted by molar-refractivity contribution is -0.123. The molecule has 4 rings (SSSR count). The van der Waals surface area contributed by atoms with E-state index in [-0.39, 0.29) is 28.8 Å². The van der Waals surface area contributed by atoms with E-state index in [2.05, 4.69) is 25.9 Å². The van der Waals surface area contributed by atoms with E-state index in [4.69, 9.17) is 27.9 Å². The van der Waals surface area contributed by atoms with Crippen molar-refractivity contribution in [3.05, 3.63) is 68.4 Å². The maximum atomic E-state index is 12.9. The lowest BCUT2D eigenvalue weighted by atomic mass is 9.92. The van der Waals surface area contributed by atoms with Gasteiger partial charge in [0.25, 0.3) is 5.56 Å². The average Bonchev–Trinajstić information content (AvgIpc) is 2.75. The summed E-state index contributed by atoms with van der Waals surface area (Å²) in [6.07, 6.45) is -0.204. The first kappa shape index (κ1) is 21.7. The van der Waals surface area contributed by atoms with Crippen LogP contribution in [0.15, 0.2) is 47.3 Å². The summed E-state index contributed by atoms with van der Waals surface area (Å²) in [5.74, 6) is -1.38. The number of carbonyl (C=O) groups excluding carboxylic acids is 2. The van der Waals surface area contributed by atoms with Gasteiger partial charge in [0.05, 0.1) is 34.3 Å². The van der Waals surface area contributed by atoms with Gasteiger partial charge in [-0.2, -0.15) is 4.98 Å². The molecule has 0 unspecified atom stereocenters. The number of rotatable bonds is 5. The molecule has 2 aromatic carbocycles. The van der Waals surface area contributed by atoms with Crippen molar-refractivity contribution in [2.24, 2.45) is 0 Å². The number of anilines is 4. The molecular formula is C21H17Cl2N5O4. The number of amides is 2. The maximum Gasteiger partial charge on any atom is 0.258 e. The van der Waals surface area contributed by atoms with Crippen LogP contribution in [0.3, 0.4) is 0 Å². The minimum absolute atomic E-state index is 0.0108. The lowest BCUT2D eigenvalue weighted by Gasteiger charge is -2.24. The van der Waals surface area contributed by atoms with Crippen molar-refractivity contribution < 1.29 is 14.3 Å². The molecule has 0 spiro atoms. The Morgan fingerprint density at radius 3 is 2.69 bits per heavy atom. The van der Waals surface area contributed by atoms with E-state index in [1.165, 1.54) is 19.2 Å². The number of methoxy groups -OCH3 is 1. The summed E-state index contributed by atoms with van der Waals surface area (Å²) in [4.78, 5) is 44.9. The van der Waals surface area contributed by atoms with Crippen molar-refractivity contribution >= 4 is 58.2 Å². The Bertz CT molecular complexity index is 1280. The molecule has 0 bridgehead atoms. The molecule has 2 amide bonds. The number of para-hydroxylation sites is 2. The van der Waals surface area contributed by atoms with Gasteiger partial charge in [-0.05, 0) is 30.3 Å². The number of nitrogens with one attached hydrogen (secondary N) is 4. The lowest BCUT2D eigenvalue weighted by Crippen LogP contribution is -2.36. The molecule has 4 N–H and O–H groups in total. The Kier molecular flexibility index (Phi) is 6.02. The third-order valence-corrected chi connectivity index (χ3v) is 5.55. The van der Waals surface area contributed by atoms with Crippen LogP contribution >= 0.6 is 23.2 Å². The molecule has 0 saturated carbocycles. The normalized spacial score (nSPS) is 14.8. The van der Waals surface area contributed by atoms with E-state index in [1.807, 2.05) is 0 Å². The molecule has 32 heavy (non-hydrogen) atoms. The molecule has 1 aliphatic heterocycles. The number of halogens is 2. The number of ether oxygens (including phenoxy) is 1. The minimum atomic E-state index is -1.04. The van der Waals surface area contributed by atoms with Crippen LogP contribution in [0.4, 0.5) is 23.1 Å². The molecule has 2 heterocycles. The predicted octanol–water partition coefficient (Wildman–Crippen LogP) is 3.89. The Hall–Kier alpha value is -3.56. The number of aromatic amines is 1. The molecule has 164 valence electrons. The van der Waals surface area contributed by atoms with Crippen molar-refractivity contribution in [2.75, 3.05) is 23.1 Å². The van der Waals surface area contributed by atoms with Gasteiger partial charge in [0.1, 0.15) is 11.6 Å². The third-order valence-electron chi connectivity index (χ3n) is 4.81. The number of H-pyrrole nitrogens is 1. The highest BCUT2D eigenvalue weighted by atomic mass is 35.5.